The van der Waals surface area contributed by atoms with Gasteiger partial charge in [-0.1, -0.05) is 12.1 Å². The summed E-state index contributed by atoms with van der Waals surface area (Å²) < 4.78 is 27.3. The number of benzene rings is 1. The average molecular weight is 386 g/mol. The van der Waals surface area contributed by atoms with E-state index < -0.39 is 16.4 Å². The maximum Gasteiger partial charge on any atom is 0.314 e. The van der Waals surface area contributed by atoms with E-state index in [2.05, 4.69) is 25.8 Å². The number of H-pyrrole nitrogens is 1. The van der Waals surface area contributed by atoms with E-state index >= 15 is 0 Å². The molecule has 10 heteroatoms. The molecule has 4 rings (SSSR count). The topological polar surface area (TPSA) is 109 Å². The minimum atomic E-state index is -0.866. The van der Waals surface area contributed by atoms with E-state index in [1.807, 2.05) is 0 Å². The molecule has 0 radical (unpaired) electrons. The molecule has 3 aromatic rings. The van der Waals surface area contributed by atoms with Crippen molar-refractivity contribution in [2.75, 3.05) is 10.6 Å². The summed E-state index contributed by atoms with van der Waals surface area (Å²) in [5, 5.41) is 23.8. The molecule has 2 heterocycles. The first-order chi connectivity index (χ1) is 13.5. The van der Waals surface area contributed by atoms with Gasteiger partial charge < -0.3 is 10.6 Å². The number of anilines is 3. The second kappa shape index (κ2) is 7.22. The third-order valence-corrected chi connectivity index (χ3v) is 4.39. The highest BCUT2D eigenvalue weighted by atomic mass is 19.1. The highest BCUT2D eigenvalue weighted by Crippen LogP contribution is 2.39. The summed E-state index contributed by atoms with van der Waals surface area (Å²) in [6.07, 6.45) is 2.17. The van der Waals surface area contributed by atoms with Gasteiger partial charge in [0, 0.05) is 24.2 Å². The number of aromatic nitrogens is 3. The maximum atomic E-state index is 14.3. The Bertz CT molecular complexity index is 1020. The van der Waals surface area contributed by atoms with E-state index in [-0.39, 0.29) is 24.0 Å². The minimum absolute atomic E-state index is 0.101. The maximum absolute atomic E-state index is 14.3. The Hall–Kier alpha value is -3.56. The molecule has 2 aromatic heterocycles. The van der Waals surface area contributed by atoms with E-state index in [0.717, 1.165) is 24.6 Å². The largest absolute Gasteiger partial charge is 0.360 e. The van der Waals surface area contributed by atoms with Gasteiger partial charge in [-0.3, -0.25) is 15.2 Å². The number of nitro groups is 1. The normalized spacial score (nSPS) is 13.4. The molecule has 1 saturated carbocycles. The molecule has 8 nitrogen and oxygen atoms in total. The van der Waals surface area contributed by atoms with Crippen molar-refractivity contribution in [2.24, 2.45) is 0 Å². The Morgan fingerprint density at radius 1 is 1.18 bits per heavy atom. The lowest BCUT2D eigenvalue weighted by Crippen LogP contribution is -2.08. The average Bonchev–Trinajstić information content (AvgIpc) is 3.42. The third kappa shape index (κ3) is 3.90. The zero-order valence-electron chi connectivity index (χ0n) is 14.6. The van der Waals surface area contributed by atoms with Crippen LogP contribution in [0.3, 0.4) is 0 Å². The summed E-state index contributed by atoms with van der Waals surface area (Å²) in [5.74, 6) is -0.699. The number of hydrogen-bond acceptors (Lipinski definition) is 6. The highest BCUT2D eigenvalue weighted by molar-refractivity contribution is 5.64. The molecule has 0 spiro atoms. The van der Waals surface area contributed by atoms with Crippen LogP contribution in [0.25, 0.3) is 0 Å². The predicted molar refractivity (Wildman–Crippen MR) is 98.4 cm³/mol. The van der Waals surface area contributed by atoms with Crippen molar-refractivity contribution < 1.29 is 13.7 Å². The van der Waals surface area contributed by atoms with Crippen LogP contribution < -0.4 is 10.6 Å². The molecule has 0 unspecified atom stereocenters. The van der Waals surface area contributed by atoms with Gasteiger partial charge in [0.05, 0.1) is 11.0 Å². The third-order valence-electron chi connectivity index (χ3n) is 4.39. The fourth-order valence-corrected chi connectivity index (χ4v) is 2.75. The van der Waals surface area contributed by atoms with Gasteiger partial charge >= 0.3 is 5.69 Å². The number of rotatable bonds is 7. The number of hydrogen-bond donors (Lipinski definition) is 3. The molecule has 28 heavy (non-hydrogen) atoms. The summed E-state index contributed by atoms with van der Waals surface area (Å²) in [6, 6.07) is 8.22. The molecule has 1 aromatic carbocycles. The van der Waals surface area contributed by atoms with Crippen molar-refractivity contribution in [3.63, 3.8) is 0 Å². The van der Waals surface area contributed by atoms with E-state index in [1.54, 1.807) is 18.2 Å². The quantitative estimate of drug-likeness (QED) is 0.414. The van der Waals surface area contributed by atoms with E-state index in [9.17, 15) is 18.9 Å². The van der Waals surface area contributed by atoms with Crippen LogP contribution in [0, 0.1) is 21.7 Å². The van der Waals surface area contributed by atoms with E-state index in [1.165, 1.54) is 12.1 Å². The standard InChI is InChI=1S/C18H16F2N6O2/c19-12-5-1-10(2-6-12)9-21-18-15(26(27)28)7-13(20)17(23-18)22-16-8-14(24-25-16)11-3-4-11/h1-2,5-8,11H,3-4,9H2,(H3,21,22,23,24,25). The number of nitrogens with one attached hydrogen (secondary N) is 3. The molecule has 3 N–H and O–H groups in total. The molecule has 1 aliphatic rings. The Morgan fingerprint density at radius 2 is 1.93 bits per heavy atom. The second-order valence-corrected chi connectivity index (χ2v) is 6.53. The van der Waals surface area contributed by atoms with Crippen molar-refractivity contribution in [2.45, 2.75) is 25.3 Å². The van der Waals surface area contributed by atoms with Gasteiger partial charge in [0.2, 0.25) is 5.82 Å². The van der Waals surface area contributed by atoms with Crippen LogP contribution in [0.2, 0.25) is 0 Å². The van der Waals surface area contributed by atoms with Gasteiger partial charge in [-0.05, 0) is 30.5 Å². The summed E-state index contributed by atoms with van der Waals surface area (Å²) >= 11 is 0. The first-order valence-electron chi connectivity index (χ1n) is 8.65. The van der Waals surface area contributed by atoms with Gasteiger partial charge in [0.15, 0.2) is 17.5 Å². The van der Waals surface area contributed by atoms with Gasteiger partial charge in [-0.15, -0.1) is 0 Å². The summed E-state index contributed by atoms with van der Waals surface area (Å²) in [5.41, 5.74) is 1.16. The van der Waals surface area contributed by atoms with Crippen molar-refractivity contribution in [1.29, 1.82) is 0 Å². The molecule has 0 saturated heterocycles. The van der Waals surface area contributed by atoms with Crippen LogP contribution in [0.4, 0.5) is 31.9 Å². The molecule has 1 aliphatic carbocycles. The van der Waals surface area contributed by atoms with E-state index in [4.69, 9.17) is 0 Å². The van der Waals surface area contributed by atoms with Gasteiger partial charge in [0.1, 0.15) is 5.82 Å². The van der Waals surface area contributed by atoms with Gasteiger partial charge in [0.25, 0.3) is 0 Å². The van der Waals surface area contributed by atoms with Crippen molar-refractivity contribution in [3.8, 4) is 0 Å². The van der Waals surface area contributed by atoms with E-state index in [0.29, 0.717) is 17.3 Å². The number of aromatic amines is 1. The molecular weight excluding hydrogens is 370 g/mol. The van der Waals surface area contributed by atoms with Gasteiger partial charge in [-0.2, -0.15) is 5.10 Å². The summed E-state index contributed by atoms with van der Waals surface area (Å²) in [4.78, 5) is 14.6. The lowest BCUT2D eigenvalue weighted by atomic mass is 10.2. The van der Waals surface area contributed by atoms with Crippen LogP contribution in [-0.2, 0) is 6.54 Å². The van der Waals surface area contributed by atoms with Crippen molar-refractivity contribution in [3.05, 3.63) is 69.4 Å². The first-order valence-corrected chi connectivity index (χ1v) is 8.65. The lowest BCUT2D eigenvalue weighted by molar-refractivity contribution is -0.384. The van der Waals surface area contributed by atoms with Crippen LogP contribution in [0.1, 0.15) is 30.0 Å². The Balaban J connectivity index is 1.56. The molecule has 0 bridgehead atoms. The van der Waals surface area contributed by atoms with Gasteiger partial charge in [-0.25, -0.2) is 13.8 Å². The lowest BCUT2D eigenvalue weighted by Gasteiger charge is -2.10. The molecule has 0 amide bonds. The van der Waals surface area contributed by atoms with Crippen LogP contribution in [0.5, 0.6) is 0 Å². The van der Waals surface area contributed by atoms with Crippen molar-refractivity contribution in [1.82, 2.24) is 15.2 Å². The van der Waals surface area contributed by atoms with Crippen LogP contribution >= 0.6 is 0 Å². The zero-order valence-corrected chi connectivity index (χ0v) is 14.6. The Kier molecular flexibility index (Phi) is 4.60. The highest BCUT2D eigenvalue weighted by Gasteiger charge is 2.26. The van der Waals surface area contributed by atoms with Crippen LogP contribution in [0.15, 0.2) is 36.4 Å². The van der Waals surface area contributed by atoms with Crippen molar-refractivity contribution >= 4 is 23.1 Å². The zero-order chi connectivity index (χ0) is 19.7. The molecule has 1 fully saturated rings. The second-order valence-electron chi connectivity index (χ2n) is 6.53. The molecule has 0 atom stereocenters. The summed E-state index contributed by atoms with van der Waals surface area (Å²) in [7, 11) is 0. The fourth-order valence-electron chi connectivity index (χ4n) is 2.75. The van der Waals surface area contributed by atoms with Crippen LogP contribution in [-0.4, -0.2) is 20.1 Å². The number of pyridine rings is 1. The molecule has 144 valence electrons. The molecular formula is C18H16F2N6O2. The SMILES string of the molecule is O=[N+]([O-])c1cc(F)c(Nc2cc(C3CC3)[nH]n2)nc1NCc1ccc(F)cc1. The monoisotopic (exact) mass is 386 g/mol. The number of nitrogens with zero attached hydrogens (tertiary/aromatic N) is 3. The number of halogens is 2. The molecule has 0 aliphatic heterocycles. The predicted octanol–water partition coefficient (Wildman–Crippen LogP) is 4.22. The Labute approximate surface area is 158 Å². The first kappa shape index (κ1) is 17.8. The smallest absolute Gasteiger partial charge is 0.314 e. The minimum Gasteiger partial charge on any atom is -0.360 e. The Morgan fingerprint density at radius 3 is 2.61 bits per heavy atom. The fraction of sp³-hybridized carbons (Fsp3) is 0.222. The summed E-state index contributed by atoms with van der Waals surface area (Å²) in [6.45, 7) is 0.160.